The molecular weight excluding hydrogens is 444 g/mol. The number of halogens is 2. The van der Waals surface area contributed by atoms with Crippen molar-refractivity contribution in [1.82, 2.24) is 9.55 Å². The number of thioether (sulfide) groups is 1. The first kappa shape index (κ1) is 21.5. The number of benzene rings is 2. The molecule has 0 spiro atoms. The van der Waals surface area contributed by atoms with Gasteiger partial charge in [0, 0.05) is 11.7 Å². The van der Waals surface area contributed by atoms with Crippen molar-refractivity contribution >= 4 is 33.2 Å². The molecule has 162 valence electrons. The Morgan fingerprint density at radius 1 is 1.13 bits per heavy atom. The maximum atomic E-state index is 12.6. The molecule has 0 radical (unpaired) electrons. The van der Waals surface area contributed by atoms with Gasteiger partial charge >= 0.3 is 5.76 Å². The Morgan fingerprint density at radius 2 is 1.81 bits per heavy atom. The van der Waals surface area contributed by atoms with Crippen LogP contribution < -0.4 is 5.32 Å². The molecule has 0 unspecified atom stereocenters. The standard InChI is InChI=1S/C21H19F2N3O3S2/c22-20(23)31(28,29)17-10-6-15(7-11-17)25-19(27)13-30-21-24-12-18(26(21)16-8-9-16)14-4-2-1-3-5-14/h1-7,10-12,16,20H,8-9,13H2,(H,25,27). The van der Waals surface area contributed by atoms with Crippen molar-refractivity contribution in [2.45, 2.75) is 34.7 Å². The van der Waals surface area contributed by atoms with Crippen molar-refractivity contribution < 1.29 is 22.0 Å². The summed E-state index contributed by atoms with van der Waals surface area (Å²) >= 11 is 1.31. The molecule has 1 aliphatic carbocycles. The van der Waals surface area contributed by atoms with Gasteiger partial charge in [0.1, 0.15) is 0 Å². The Balaban J connectivity index is 1.41. The van der Waals surface area contributed by atoms with Crippen molar-refractivity contribution in [3.05, 3.63) is 60.8 Å². The summed E-state index contributed by atoms with van der Waals surface area (Å²) in [7, 11) is -4.66. The molecular formula is C21H19F2N3O3S2. The maximum Gasteiger partial charge on any atom is 0.341 e. The molecule has 1 amide bonds. The fourth-order valence-electron chi connectivity index (χ4n) is 3.12. The van der Waals surface area contributed by atoms with Gasteiger partial charge in [-0.1, -0.05) is 42.1 Å². The van der Waals surface area contributed by atoms with Crippen LogP contribution >= 0.6 is 11.8 Å². The first-order valence-electron chi connectivity index (χ1n) is 9.53. The molecule has 0 aliphatic heterocycles. The molecule has 6 nitrogen and oxygen atoms in total. The van der Waals surface area contributed by atoms with Crippen LogP contribution in [0, 0.1) is 0 Å². The average Bonchev–Trinajstić information content (AvgIpc) is 3.52. The highest BCUT2D eigenvalue weighted by atomic mass is 32.2. The van der Waals surface area contributed by atoms with E-state index in [9.17, 15) is 22.0 Å². The lowest BCUT2D eigenvalue weighted by atomic mass is 10.2. The Morgan fingerprint density at radius 3 is 2.42 bits per heavy atom. The zero-order valence-corrected chi connectivity index (χ0v) is 17.9. The molecule has 1 aliphatic rings. The number of sulfone groups is 1. The molecule has 4 rings (SSSR count). The highest BCUT2D eigenvalue weighted by Gasteiger charge is 2.29. The van der Waals surface area contributed by atoms with E-state index < -0.39 is 20.5 Å². The van der Waals surface area contributed by atoms with Crippen molar-refractivity contribution in [3.8, 4) is 11.3 Å². The highest BCUT2D eigenvalue weighted by molar-refractivity contribution is 7.99. The minimum atomic E-state index is -4.66. The van der Waals surface area contributed by atoms with Gasteiger partial charge in [-0.15, -0.1) is 0 Å². The average molecular weight is 464 g/mol. The van der Waals surface area contributed by atoms with Gasteiger partial charge in [0.05, 0.1) is 22.5 Å². The van der Waals surface area contributed by atoms with E-state index in [1.165, 1.54) is 23.9 Å². The predicted octanol–water partition coefficient (Wildman–Crippen LogP) is 4.61. The minimum absolute atomic E-state index is 0.106. The van der Waals surface area contributed by atoms with Crippen LogP contribution in [0.2, 0.25) is 0 Å². The second-order valence-corrected chi connectivity index (χ2v) is 9.92. The lowest BCUT2D eigenvalue weighted by Gasteiger charge is -2.11. The first-order valence-corrected chi connectivity index (χ1v) is 12.1. The molecule has 1 fully saturated rings. The summed E-state index contributed by atoms with van der Waals surface area (Å²) in [5, 5.41) is 3.40. The van der Waals surface area contributed by atoms with Crippen molar-refractivity contribution in [1.29, 1.82) is 0 Å². The van der Waals surface area contributed by atoms with Gasteiger partial charge in [0.15, 0.2) is 5.16 Å². The summed E-state index contributed by atoms with van der Waals surface area (Å²) in [5.41, 5.74) is 2.41. The second-order valence-electron chi connectivity index (χ2n) is 7.06. The Kier molecular flexibility index (Phi) is 6.10. The molecule has 10 heteroatoms. The zero-order valence-electron chi connectivity index (χ0n) is 16.2. The number of carbonyl (C=O) groups excluding carboxylic acids is 1. The number of imidazole rings is 1. The number of hydrogen-bond acceptors (Lipinski definition) is 5. The molecule has 1 N–H and O–H groups in total. The Bertz CT molecular complexity index is 1180. The lowest BCUT2D eigenvalue weighted by molar-refractivity contribution is -0.113. The normalized spacial score (nSPS) is 14.0. The van der Waals surface area contributed by atoms with Crippen LogP contribution in [0.25, 0.3) is 11.3 Å². The summed E-state index contributed by atoms with van der Waals surface area (Å²) in [6, 6.07) is 15.0. The minimum Gasteiger partial charge on any atom is -0.325 e. The molecule has 0 bridgehead atoms. The van der Waals surface area contributed by atoms with E-state index in [0.29, 0.717) is 11.7 Å². The van der Waals surface area contributed by atoms with E-state index in [1.54, 1.807) is 0 Å². The van der Waals surface area contributed by atoms with Crippen LogP contribution in [0.1, 0.15) is 18.9 Å². The fourth-order valence-corrected chi connectivity index (χ4v) is 4.68. The number of nitrogens with zero attached hydrogens (tertiary/aromatic N) is 2. The van der Waals surface area contributed by atoms with Gasteiger partial charge in [0.25, 0.3) is 0 Å². The number of amides is 1. The molecule has 1 heterocycles. The number of hydrogen-bond donors (Lipinski definition) is 1. The highest BCUT2D eigenvalue weighted by Crippen LogP contribution is 2.41. The van der Waals surface area contributed by atoms with Crippen LogP contribution in [0.15, 0.2) is 70.8 Å². The van der Waals surface area contributed by atoms with E-state index in [-0.39, 0.29) is 11.7 Å². The largest absolute Gasteiger partial charge is 0.341 e. The van der Waals surface area contributed by atoms with E-state index in [0.717, 1.165) is 41.4 Å². The van der Waals surface area contributed by atoms with Crippen molar-refractivity contribution in [2.24, 2.45) is 0 Å². The van der Waals surface area contributed by atoms with E-state index in [4.69, 9.17) is 0 Å². The molecule has 2 aromatic carbocycles. The van der Waals surface area contributed by atoms with Gasteiger partial charge in [-0.05, 0) is 42.7 Å². The summed E-state index contributed by atoms with van der Waals surface area (Å²) in [6.07, 6.45) is 3.96. The van der Waals surface area contributed by atoms with Crippen molar-refractivity contribution in [3.63, 3.8) is 0 Å². The van der Waals surface area contributed by atoms with E-state index in [1.807, 2.05) is 36.5 Å². The third-order valence-electron chi connectivity index (χ3n) is 4.78. The second kappa shape index (κ2) is 8.80. The lowest BCUT2D eigenvalue weighted by Crippen LogP contribution is -2.15. The fraction of sp³-hybridized carbons (Fsp3) is 0.238. The van der Waals surface area contributed by atoms with Crippen LogP contribution in [0.4, 0.5) is 14.5 Å². The summed E-state index contributed by atoms with van der Waals surface area (Å²) < 4.78 is 50.3. The topological polar surface area (TPSA) is 81.1 Å². The van der Waals surface area contributed by atoms with Gasteiger partial charge in [-0.25, -0.2) is 13.4 Å². The van der Waals surface area contributed by atoms with Crippen LogP contribution in [-0.2, 0) is 14.6 Å². The first-order chi connectivity index (χ1) is 14.9. The molecule has 0 atom stereocenters. The predicted molar refractivity (Wildman–Crippen MR) is 115 cm³/mol. The third kappa shape index (κ3) is 4.80. The summed E-state index contributed by atoms with van der Waals surface area (Å²) in [6.45, 7) is 0. The molecule has 31 heavy (non-hydrogen) atoms. The van der Waals surface area contributed by atoms with Gasteiger partial charge in [0.2, 0.25) is 15.7 Å². The summed E-state index contributed by atoms with van der Waals surface area (Å²) in [5.74, 6) is -3.68. The zero-order chi connectivity index (χ0) is 22.0. The van der Waals surface area contributed by atoms with Crippen LogP contribution in [-0.4, -0.2) is 35.4 Å². The van der Waals surface area contributed by atoms with Gasteiger partial charge in [-0.2, -0.15) is 8.78 Å². The number of aromatic nitrogens is 2. The third-order valence-corrected chi connectivity index (χ3v) is 7.14. The maximum absolute atomic E-state index is 12.6. The SMILES string of the molecule is O=C(CSc1ncc(-c2ccccc2)n1C1CC1)Nc1ccc(S(=O)(=O)C(F)F)cc1. The number of rotatable bonds is 8. The van der Waals surface area contributed by atoms with E-state index in [2.05, 4.69) is 14.9 Å². The quantitative estimate of drug-likeness (QED) is 0.494. The van der Waals surface area contributed by atoms with Gasteiger partial charge < -0.3 is 9.88 Å². The van der Waals surface area contributed by atoms with Crippen LogP contribution in [0.5, 0.6) is 0 Å². The number of carbonyl (C=O) groups is 1. The number of nitrogens with one attached hydrogen (secondary N) is 1. The van der Waals surface area contributed by atoms with Crippen molar-refractivity contribution in [2.75, 3.05) is 11.1 Å². The summed E-state index contributed by atoms with van der Waals surface area (Å²) in [4.78, 5) is 16.3. The Hall–Kier alpha value is -2.72. The molecule has 0 saturated heterocycles. The van der Waals surface area contributed by atoms with Gasteiger partial charge in [-0.3, -0.25) is 4.79 Å². The Labute approximate surface area is 182 Å². The molecule has 3 aromatic rings. The molecule has 1 aromatic heterocycles. The van der Waals surface area contributed by atoms with E-state index >= 15 is 0 Å². The smallest absolute Gasteiger partial charge is 0.325 e. The number of anilines is 1. The molecule has 1 saturated carbocycles. The van der Waals surface area contributed by atoms with Crippen LogP contribution in [0.3, 0.4) is 0 Å². The number of alkyl halides is 2. The monoisotopic (exact) mass is 463 g/mol.